The first-order chi connectivity index (χ1) is 13.0. The van der Waals surface area contributed by atoms with Crippen LogP contribution in [-0.4, -0.2) is 25.9 Å². The molecule has 28 heavy (non-hydrogen) atoms. The number of imidazole rings is 1. The van der Waals surface area contributed by atoms with E-state index in [4.69, 9.17) is 4.74 Å². The van der Waals surface area contributed by atoms with Crippen LogP contribution >= 0.6 is 0 Å². The van der Waals surface area contributed by atoms with E-state index in [1.54, 1.807) is 6.92 Å². The lowest BCUT2D eigenvalue weighted by Crippen LogP contribution is -2.17. The zero-order valence-electron chi connectivity index (χ0n) is 13.9. The van der Waals surface area contributed by atoms with Crippen LogP contribution in [0.5, 0.6) is 17.4 Å². The first kappa shape index (κ1) is 19.5. The first-order valence-corrected chi connectivity index (χ1v) is 7.50. The highest BCUT2D eigenvalue weighted by atomic mass is 19.4. The maximum absolute atomic E-state index is 12.7. The van der Waals surface area contributed by atoms with Crippen molar-refractivity contribution in [2.24, 2.45) is 0 Å². The largest absolute Gasteiger partial charge is 0.573 e. The lowest BCUT2D eigenvalue weighted by atomic mass is 10.3. The van der Waals surface area contributed by atoms with Crippen LogP contribution in [0.15, 0.2) is 43.0 Å². The molecule has 3 rings (SSSR count). The predicted octanol–water partition coefficient (Wildman–Crippen LogP) is 4.68. The Labute approximate surface area is 153 Å². The number of hydrogen-bond donors (Lipinski definition) is 0. The third-order valence-corrected chi connectivity index (χ3v) is 3.27. The average molecular weight is 404 g/mol. The molecule has 0 radical (unpaired) electrons. The molecule has 6 nitrogen and oxygen atoms in total. The smallest absolute Gasteiger partial charge is 0.438 e. The normalized spacial score (nSPS) is 12.1. The highest BCUT2D eigenvalue weighted by Crippen LogP contribution is 2.30. The SMILES string of the molecule is Cc1cnc(-n2cnc(C(F)(F)F)c2)nc1Oc1cccc(OC(F)(F)F)c1. The van der Waals surface area contributed by atoms with Crippen LogP contribution in [0.3, 0.4) is 0 Å². The molecule has 0 amide bonds. The van der Waals surface area contributed by atoms with Crippen LogP contribution < -0.4 is 9.47 Å². The molecule has 0 aliphatic heterocycles. The fourth-order valence-electron chi connectivity index (χ4n) is 2.07. The van der Waals surface area contributed by atoms with Crippen molar-refractivity contribution in [1.29, 1.82) is 0 Å². The summed E-state index contributed by atoms with van der Waals surface area (Å²) in [4.78, 5) is 11.1. The third kappa shape index (κ3) is 4.69. The van der Waals surface area contributed by atoms with Gasteiger partial charge in [-0.25, -0.2) is 9.97 Å². The number of benzene rings is 1. The van der Waals surface area contributed by atoms with E-state index in [2.05, 4.69) is 19.7 Å². The summed E-state index contributed by atoms with van der Waals surface area (Å²) in [6, 6.07) is 4.72. The van der Waals surface area contributed by atoms with Crippen molar-refractivity contribution < 1.29 is 35.8 Å². The van der Waals surface area contributed by atoms with Gasteiger partial charge in [-0.1, -0.05) is 6.07 Å². The molecular formula is C16H10F6N4O2. The second kappa shape index (κ2) is 7.02. The van der Waals surface area contributed by atoms with E-state index in [0.29, 0.717) is 11.8 Å². The Kier molecular flexibility index (Phi) is 4.87. The lowest BCUT2D eigenvalue weighted by molar-refractivity contribution is -0.274. The van der Waals surface area contributed by atoms with E-state index < -0.39 is 24.0 Å². The molecule has 0 bridgehead atoms. The predicted molar refractivity (Wildman–Crippen MR) is 82.1 cm³/mol. The highest BCUT2D eigenvalue weighted by molar-refractivity contribution is 5.37. The van der Waals surface area contributed by atoms with Crippen LogP contribution in [0.2, 0.25) is 0 Å². The molecule has 0 aliphatic rings. The number of aromatic nitrogens is 4. The quantitative estimate of drug-likeness (QED) is 0.591. The van der Waals surface area contributed by atoms with Gasteiger partial charge in [-0.05, 0) is 19.1 Å². The molecule has 0 saturated carbocycles. The Balaban J connectivity index is 1.87. The van der Waals surface area contributed by atoms with E-state index in [0.717, 1.165) is 23.0 Å². The molecule has 2 aromatic heterocycles. The van der Waals surface area contributed by atoms with Crippen LogP contribution in [0, 0.1) is 6.92 Å². The number of aryl methyl sites for hydroxylation is 1. The van der Waals surface area contributed by atoms with Gasteiger partial charge in [0.25, 0.3) is 0 Å². The van der Waals surface area contributed by atoms with Crippen molar-refractivity contribution in [3.63, 3.8) is 0 Å². The van der Waals surface area contributed by atoms with Crippen molar-refractivity contribution in [3.8, 4) is 23.3 Å². The Morgan fingerprint density at radius 2 is 1.71 bits per heavy atom. The van der Waals surface area contributed by atoms with Gasteiger partial charge >= 0.3 is 12.5 Å². The van der Waals surface area contributed by atoms with Gasteiger partial charge in [0, 0.05) is 24.0 Å². The fourth-order valence-corrected chi connectivity index (χ4v) is 2.07. The van der Waals surface area contributed by atoms with Gasteiger partial charge in [-0.2, -0.15) is 18.2 Å². The number of nitrogens with zero attached hydrogens (tertiary/aromatic N) is 4. The number of rotatable bonds is 4. The molecule has 0 saturated heterocycles. The Morgan fingerprint density at radius 1 is 1.00 bits per heavy atom. The molecule has 148 valence electrons. The summed E-state index contributed by atoms with van der Waals surface area (Å²) >= 11 is 0. The van der Waals surface area contributed by atoms with E-state index in [1.807, 2.05) is 0 Å². The van der Waals surface area contributed by atoms with Crippen molar-refractivity contribution in [3.05, 3.63) is 54.2 Å². The Morgan fingerprint density at radius 3 is 2.36 bits per heavy atom. The Bertz CT molecular complexity index is 984. The van der Waals surface area contributed by atoms with Crippen molar-refractivity contribution in [2.75, 3.05) is 0 Å². The standard InChI is InChI=1S/C16H10F6N4O2/c1-9-6-23-14(26-7-12(24-8-26)15(17,18)19)25-13(9)27-10-3-2-4-11(5-10)28-16(20,21)22/h2-8H,1H3. The van der Waals surface area contributed by atoms with Crippen LogP contribution in [0.25, 0.3) is 5.95 Å². The minimum atomic E-state index is -4.87. The van der Waals surface area contributed by atoms with Gasteiger partial charge in [0.2, 0.25) is 11.8 Å². The van der Waals surface area contributed by atoms with E-state index in [9.17, 15) is 26.3 Å². The number of alkyl halides is 6. The second-order valence-electron chi connectivity index (χ2n) is 5.45. The number of hydrogen-bond acceptors (Lipinski definition) is 5. The molecule has 0 spiro atoms. The maximum Gasteiger partial charge on any atom is 0.573 e. The van der Waals surface area contributed by atoms with Gasteiger partial charge in [-0.15, -0.1) is 13.2 Å². The van der Waals surface area contributed by atoms with Gasteiger partial charge in [0.05, 0.1) is 0 Å². The van der Waals surface area contributed by atoms with E-state index in [-0.39, 0.29) is 17.6 Å². The third-order valence-electron chi connectivity index (χ3n) is 3.27. The minimum Gasteiger partial charge on any atom is -0.438 e. The number of ether oxygens (including phenoxy) is 2. The van der Waals surface area contributed by atoms with Crippen LogP contribution in [0.1, 0.15) is 11.3 Å². The summed E-state index contributed by atoms with van der Waals surface area (Å²) < 4.78 is 85.2. The van der Waals surface area contributed by atoms with Gasteiger partial charge in [0.1, 0.15) is 17.8 Å². The molecular weight excluding hydrogens is 394 g/mol. The molecule has 1 aromatic carbocycles. The summed E-state index contributed by atoms with van der Waals surface area (Å²) in [5.74, 6) is -0.736. The summed E-state index contributed by atoms with van der Waals surface area (Å²) in [5.41, 5.74) is -0.724. The molecule has 2 heterocycles. The molecule has 0 unspecified atom stereocenters. The zero-order chi connectivity index (χ0) is 20.5. The topological polar surface area (TPSA) is 62.1 Å². The molecule has 12 heteroatoms. The fraction of sp³-hybridized carbons (Fsp3) is 0.188. The van der Waals surface area contributed by atoms with Crippen LogP contribution in [0.4, 0.5) is 26.3 Å². The summed E-state index contributed by atoms with van der Waals surface area (Å²) in [7, 11) is 0. The molecule has 0 fully saturated rings. The van der Waals surface area contributed by atoms with Crippen LogP contribution in [-0.2, 0) is 6.18 Å². The highest BCUT2D eigenvalue weighted by Gasteiger charge is 2.34. The van der Waals surface area contributed by atoms with E-state index in [1.165, 1.54) is 18.3 Å². The molecule has 0 aliphatic carbocycles. The molecule has 0 atom stereocenters. The molecule has 0 N–H and O–H groups in total. The minimum absolute atomic E-state index is 0.0175. The molecule has 3 aromatic rings. The van der Waals surface area contributed by atoms with Crippen molar-refractivity contribution in [2.45, 2.75) is 19.5 Å². The van der Waals surface area contributed by atoms with E-state index >= 15 is 0 Å². The van der Waals surface area contributed by atoms with Gasteiger partial charge < -0.3 is 9.47 Å². The zero-order valence-corrected chi connectivity index (χ0v) is 13.9. The number of halogens is 6. The lowest BCUT2D eigenvalue weighted by Gasteiger charge is -2.12. The maximum atomic E-state index is 12.7. The summed E-state index contributed by atoms with van der Waals surface area (Å²) in [6.45, 7) is 1.56. The average Bonchev–Trinajstić information content (AvgIpc) is 3.06. The first-order valence-electron chi connectivity index (χ1n) is 7.50. The second-order valence-corrected chi connectivity index (χ2v) is 5.45. The summed E-state index contributed by atoms with van der Waals surface area (Å²) in [5, 5.41) is 0. The van der Waals surface area contributed by atoms with Crippen molar-refractivity contribution in [1.82, 2.24) is 19.5 Å². The monoisotopic (exact) mass is 404 g/mol. The van der Waals surface area contributed by atoms with Crippen molar-refractivity contribution >= 4 is 0 Å². The summed E-state index contributed by atoms with van der Waals surface area (Å²) in [6.07, 6.45) is -6.62. The van der Waals surface area contributed by atoms with Gasteiger partial charge in [0.15, 0.2) is 5.69 Å². The Hall–Kier alpha value is -3.31. The van der Waals surface area contributed by atoms with Gasteiger partial charge in [-0.3, -0.25) is 4.57 Å².